The quantitative estimate of drug-likeness (QED) is 0.109. The average molecular weight is 554 g/mol. The van der Waals surface area contributed by atoms with Gasteiger partial charge >= 0.3 is 5.97 Å². The van der Waals surface area contributed by atoms with E-state index in [1.54, 1.807) is 18.2 Å². The summed E-state index contributed by atoms with van der Waals surface area (Å²) >= 11 is 0. The van der Waals surface area contributed by atoms with Gasteiger partial charge in [0.05, 0.1) is 17.2 Å². The Hall–Kier alpha value is -3.70. The number of carbonyl (C=O) groups excluding carboxylic acids is 2. The van der Waals surface area contributed by atoms with Gasteiger partial charge in [-0.25, -0.2) is 4.79 Å². The SMILES string of the molecule is CCCCN(CCCC)CCCc1ccc(C(=O)c2c(-c3ccccc3)oc3ccc(C(=O)OC(C)C)cc23)cc1. The Bertz CT molecular complexity index is 1410. The Morgan fingerprint density at radius 1 is 0.805 bits per heavy atom. The van der Waals surface area contributed by atoms with Crippen molar-refractivity contribution in [2.24, 2.45) is 0 Å². The van der Waals surface area contributed by atoms with Crippen molar-refractivity contribution in [1.82, 2.24) is 4.90 Å². The number of ketones is 1. The smallest absolute Gasteiger partial charge is 0.338 e. The third kappa shape index (κ3) is 7.95. The lowest BCUT2D eigenvalue weighted by atomic mass is 9.95. The van der Waals surface area contributed by atoms with Crippen molar-refractivity contribution in [2.45, 2.75) is 72.3 Å². The van der Waals surface area contributed by atoms with E-state index < -0.39 is 5.97 Å². The number of carbonyl (C=O) groups is 2. The summed E-state index contributed by atoms with van der Waals surface area (Å²) in [5.74, 6) is -0.0489. The van der Waals surface area contributed by atoms with Crippen molar-refractivity contribution in [1.29, 1.82) is 0 Å². The van der Waals surface area contributed by atoms with E-state index in [4.69, 9.17) is 9.15 Å². The molecule has 1 heterocycles. The van der Waals surface area contributed by atoms with Gasteiger partial charge in [-0.15, -0.1) is 0 Å². The first-order chi connectivity index (χ1) is 19.9. The maximum atomic E-state index is 14.0. The second-order valence-electron chi connectivity index (χ2n) is 11.0. The Morgan fingerprint density at radius 3 is 2.07 bits per heavy atom. The van der Waals surface area contributed by atoms with Gasteiger partial charge in [0.1, 0.15) is 11.3 Å². The normalized spacial score (nSPS) is 11.5. The molecule has 3 aromatic carbocycles. The highest BCUT2D eigenvalue weighted by atomic mass is 16.5. The van der Waals surface area contributed by atoms with Gasteiger partial charge in [0.25, 0.3) is 0 Å². The minimum atomic E-state index is -0.421. The molecule has 0 N–H and O–H groups in total. The Morgan fingerprint density at radius 2 is 1.44 bits per heavy atom. The summed E-state index contributed by atoms with van der Waals surface area (Å²) in [5.41, 5.74) is 4.04. The van der Waals surface area contributed by atoms with E-state index in [0.29, 0.717) is 33.4 Å². The zero-order valence-electron chi connectivity index (χ0n) is 24.9. The number of hydrogen-bond donors (Lipinski definition) is 0. The van der Waals surface area contributed by atoms with Gasteiger partial charge in [-0.1, -0.05) is 81.3 Å². The molecular formula is C36H43NO4. The summed E-state index contributed by atoms with van der Waals surface area (Å²) in [6.45, 7) is 11.6. The molecule has 0 saturated heterocycles. The van der Waals surface area contributed by atoms with Crippen molar-refractivity contribution >= 4 is 22.7 Å². The Balaban J connectivity index is 1.57. The summed E-state index contributed by atoms with van der Waals surface area (Å²) in [4.78, 5) is 29.3. The number of fused-ring (bicyclic) bond motifs is 1. The molecule has 0 saturated carbocycles. The standard InChI is InChI=1S/C36H43NO4/c1-5-7-22-37(23-8-6-2)24-12-13-27-16-18-28(19-17-27)34(38)33-31-25-30(36(39)40-26(3)4)20-21-32(31)41-35(33)29-14-10-9-11-15-29/h9-11,14-21,25-26H,5-8,12-13,22-24H2,1-4H3. The van der Waals surface area contributed by atoms with Crippen LogP contribution in [0.4, 0.5) is 0 Å². The van der Waals surface area contributed by atoms with Crippen molar-refractivity contribution in [2.75, 3.05) is 19.6 Å². The van der Waals surface area contributed by atoms with Gasteiger partial charge in [0.2, 0.25) is 0 Å². The fourth-order valence-corrected chi connectivity index (χ4v) is 5.10. The zero-order chi connectivity index (χ0) is 29.2. The number of ether oxygens (including phenoxy) is 1. The molecule has 1 aromatic heterocycles. The topological polar surface area (TPSA) is 59.8 Å². The number of aryl methyl sites for hydroxylation is 1. The molecule has 0 aliphatic rings. The molecule has 41 heavy (non-hydrogen) atoms. The van der Waals surface area contributed by atoms with Crippen LogP contribution in [-0.4, -0.2) is 42.4 Å². The average Bonchev–Trinajstić information content (AvgIpc) is 3.37. The van der Waals surface area contributed by atoms with Crippen LogP contribution in [-0.2, 0) is 11.2 Å². The van der Waals surface area contributed by atoms with Crippen LogP contribution in [0.25, 0.3) is 22.3 Å². The molecule has 0 aliphatic heterocycles. The van der Waals surface area contributed by atoms with Crippen LogP contribution in [0.3, 0.4) is 0 Å². The first-order valence-corrected chi connectivity index (χ1v) is 15.1. The number of nitrogens with zero attached hydrogens (tertiary/aromatic N) is 1. The fraction of sp³-hybridized carbons (Fsp3) is 0.389. The van der Waals surface area contributed by atoms with E-state index in [9.17, 15) is 9.59 Å². The predicted octanol–water partition coefficient (Wildman–Crippen LogP) is 8.73. The molecule has 5 heteroatoms. The number of unbranched alkanes of at least 4 members (excludes halogenated alkanes) is 2. The number of esters is 1. The van der Waals surface area contributed by atoms with Gasteiger partial charge in [-0.05, 0) is 82.9 Å². The predicted molar refractivity (Wildman–Crippen MR) is 167 cm³/mol. The van der Waals surface area contributed by atoms with E-state index in [2.05, 4.69) is 30.9 Å². The lowest BCUT2D eigenvalue weighted by Crippen LogP contribution is -2.27. The fourth-order valence-electron chi connectivity index (χ4n) is 5.10. The van der Waals surface area contributed by atoms with E-state index in [0.717, 1.165) is 24.9 Å². The van der Waals surface area contributed by atoms with Crippen LogP contribution < -0.4 is 0 Å². The monoisotopic (exact) mass is 553 g/mol. The van der Waals surface area contributed by atoms with Gasteiger partial charge in [0.15, 0.2) is 5.78 Å². The van der Waals surface area contributed by atoms with Gasteiger partial charge in [-0.3, -0.25) is 4.79 Å². The molecule has 216 valence electrons. The molecule has 0 spiro atoms. The second-order valence-corrected chi connectivity index (χ2v) is 11.0. The molecule has 0 aliphatic carbocycles. The van der Waals surface area contributed by atoms with Gasteiger partial charge in [0, 0.05) is 16.5 Å². The van der Waals surface area contributed by atoms with E-state index in [1.165, 1.54) is 44.3 Å². The summed E-state index contributed by atoms with van der Waals surface area (Å²) < 4.78 is 11.6. The van der Waals surface area contributed by atoms with E-state index in [1.807, 2.05) is 56.3 Å². The summed E-state index contributed by atoms with van der Waals surface area (Å²) in [6, 6.07) is 22.7. The highest BCUT2D eigenvalue weighted by Crippen LogP contribution is 2.36. The minimum Gasteiger partial charge on any atom is -0.459 e. The highest BCUT2D eigenvalue weighted by Gasteiger charge is 2.24. The summed E-state index contributed by atoms with van der Waals surface area (Å²) in [7, 11) is 0. The van der Waals surface area contributed by atoms with Crippen molar-refractivity contribution in [3.63, 3.8) is 0 Å². The van der Waals surface area contributed by atoms with Crippen LogP contribution in [0.5, 0.6) is 0 Å². The largest absolute Gasteiger partial charge is 0.459 e. The Labute approximate surface area is 244 Å². The molecule has 0 bridgehead atoms. The summed E-state index contributed by atoms with van der Waals surface area (Å²) in [6.07, 6.45) is 6.77. The summed E-state index contributed by atoms with van der Waals surface area (Å²) in [5, 5.41) is 0.607. The molecule has 5 nitrogen and oxygen atoms in total. The zero-order valence-corrected chi connectivity index (χ0v) is 24.9. The minimum absolute atomic E-state index is 0.131. The molecule has 4 rings (SSSR count). The highest BCUT2D eigenvalue weighted by molar-refractivity contribution is 6.20. The van der Waals surface area contributed by atoms with E-state index in [-0.39, 0.29) is 11.9 Å². The van der Waals surface area contributed by atoms with E-state index >= 15 is 0 Å². The van der Waals surface area contributed by atoms with Crippen molar-refractivity contribution < 1.29 is 18.7 Å². The van der Waals surface area contributed by atoms with Crippen molar-refractivity contribution in [3.05, 3.63) is 95.1 Å². The molecule has 0 fully saturated rings. The molecular weight excluding hydrogens is 510 g/mol. The van der Waals surface area contributed by atoms with Crippen LogP contribution >= 0.6 is 0 Å². The van der Waals surface area contributed by atoms with Crippen LogP contribution in [0.15, 0.2) is 77.2 Å². The Kier molecular flexibility index (Phi) is 10.9. The molecule has 4 aromatic rings. The van der Waals surface area contributed by atoms with Gasteiger partial charge < -0.3 is 14.1 Å². The molecule has 0 atom stereocenters. The second kappa shape index (κ2) is 14.8. The third-order valence-electron chi connectivity index (χ3n) is 7.34. The lowest BCUT2D eigenvalue weighted by molar-refractivity contribution is 0.0378. The van der Waals surface area contributed by atoms with Crippen LogP contribution in [0.2, 0.25) is 0 Å². The molecule has 0 amide bonds. The number of furan rings is 1. The number of rotatable bonds is 15. The lowest BCUT2D eigenvalue weighted by Gasteiger charge is -2.21. The van der Waals surface area contributed by atoms with Gasteiger partial charge in [-0.2, -0.15) is 0 Å². The maximum absolute atomic E-state index is 14.0. The number of hydrogen-bond acceptors (Lipinski definition) is 5. The first kappa shape index (κ1) is 30.3. The van der Waals surface area contributed by atoms with Crippen LogP contribution in [0, 0.1) is 0 Å². The number of benzene rings is 3. The first-order valence-electron chi connectivity index (χ1n) is 15.1. The van der Waals surface area contributed by atoms with Crippen molar-refractivity contribution in [3.8, 4) is 11.3 Å². The third-order valence-corrected chi connectivity index (χ3v) is 7.34. The molecule has 0 unspecified atom stereocenters. The van der Waals surface area contributed by atoms with Crippen LogP contribution in [0.1, 0.15) is 91.6 Å². The maximum Gasteiger partial charge on any atom is 0.338 e. The molecule has 0 radical (unpaired) electrons.